The van der Waals surface area contributed by atoms with E-state index in [0.29, 0.717) is 31.0 Å². The molecular formula is C13H20N2O4S. The lowest BCUT2D eigenvalue weighted by Gasteiger charge is -2.14. The predicted octanol–water partition coefficient (Wildman–Crippen LogP) is 0.908. The van der Waals surface area contributed by atoms with Crippen molar-refractivity contribution in [1.29, 1.82) is 0 Å². The number of nitrogens with zero attached hydrogens (tertiary/aromatic N) is 1. The fraction of sp³-hybridized carbons (Fsp3) is 0.615. The van der Waals surface area contributed by atoms with Crippen LogP contribution in [0.4, 0.5) is 0 Å². The average molecular weight is 300 g/mol. The predicted molar refractivity (Wildman–Crippen MR) is 75.0 cm³/mol. The summed E-state index contributed by atoms with van der Waals surface area (Å²) in [5.74, 6) is 0.608. The van der Waals surface area contributed by atoms with Crippen LogP contribution in [-0.2, 0) is 10.0 Å². The van der Waals surface area contributed by atoms with E-state index in [9.17, 15) is 13.2 Å². The summed E-state index contributed by atoms with van der Waals surface area (Å²) in [6, 6.07) is 0. The Hall–Kier alpha value is -1.34. The number of rotatable bonds is 4. The smallest absolute Gasteiger partial charge is 0.255 e. The number of nitrogens with one attached hydrogen (secondary N) is 1. The molecule has 7 heteroatoms. The number of amides is 1. The van der Waals surface area contributed by atoms with Gasteiger partial charge in [0.1, 0.15) is 5.76 Å². The zero-order valence-electron chi connectivity index (χ0n) is 12.0. The van der Waals surface area contributed by atoms with Crippen LogP contribution in [0.1, 0.15) is 28.1 Å². The van der Waals surface area contributed by atoms with Crippen molar-refractivity contribution >= 4 is 15.9 Å². The molecule has 0 bridgehead atoms. The van der Waals surface area contributed by atoms with E-state index in [1.165, 1.54) is 10.6 Å². The maximum atomic E-state index is 12.1. The van der Waals surface area contributed by atoms with E-state index in [-0.39, 0.29) is 11.8 Å². The minimum absolute atomic E-state index is 0.161. The zero-order chi connectivity index (χ0) is 14.9. The molecule has 112 valence electrons. The minimum atomic E-state index is -3.13. The van der Waals surface area contributed by atoms with Crippen LogP contribution in [0.15, 0.2) is 10.7 Å². The van der Waals surface area contributed by atoms with E-state index in [1.54, 1.807) is 13.2 Å². The summed E-state index contributed by atoms with van der Waals surface area (Å²) in [5.41, 5.74) is 1.38. The highest BCUT2D eigenvalue weighted by molar-refractivity contribution is 7.88. The lowest BCUT2D eigenvalue weighted by atomic mass is 10.1. The highest BCUT2D eigenvalue weighted by Gasteiger charge is 2.29. The third-order valence-electron chi connectivity index (χ3n) is 3.65. The Morgan fingerprint density at radius 2 is 2.20 bits per heavy atom. The molecule has 1 aliphatic rings. The second-order valence-electron chi connectivity index (χ2n) is 5.34. The summed E-state index contributed by atoms with van der Waals surface area (Å²) in [6.45, 7) is 5.07. The molecule has 1 amide bonds. The van der Waals surface area contributed by atoms with Crippen LogP contribution < -0.4 is 5.32 Å². The molecule has 1 aromatic heterocycles. The summed E-state index contributed by atoms with van der Waals surface area (Å²) in [4.78, 5) is 12.1. The van der Waals surface area contributed by atoms with Crippen molar-refractivity contribution in [3.05, 3.63) is 23.2 Å². The van der Waals surface area contributed by atoms with E-state index in [0.717, 1.165) is 12.0 Å². The Morgan fingerprint density at radius 1 is 1.50 bits per heavy atom. The Labute approximate surface area is 119 Å². The molecule has 0 saturated carbocycles. The summed E-state index contributed by atoms with van der Waals surface area (Å²) in [7, 11) is -3.13. The van der Waals surface area contributed by atoms with Gasteiger partial charge in [0.25, 0.3) is 5.91 Å². The first-order valence-electron chi connectivity index (χ1n) is 6.57. The molecule has 20 heavy (non-hydrogen) atoms. The summed E-state index contributed by atoms with van der Waals surface area (Å²) >= 11 is 0. The van der Waals surface area contributed by atoms with Gasteiger partial charge in [0.05, 0.1) is 18.1 Å². The highest BCUT2D eigenvalue weighted by Crippen LogP contribution is 2.19. The van der Waals surface area contributed by atoms with E-state index in [4.69, 9.17) is 4.42 Å². The van der Waals surface area contributed by atoms with Gasteiger partial charge < -0.3 is 9.73 Å². The standard InChI is InChI=1S/C13H20N2O4S/c1-9-8-19-10(2)12(9)13(16)14-6-11-4-5-15(7-11)20(3,17)18/h8,11H,4-7H2,1-3H3,(H,14,16). The first kappa shape index (κ1) is 15.1. The van der Waals surface area contributed by atoms with Crippen molar-refractivity contribution < 1.29 is 17.6 Å². The molecule has 1 fully saturated rings. The fourth-order valence-electron chi connectivity index (χ4n) is 2.50. The van der Waals surface area contributed by atoms with E-state index >= 15 is 0 Å². The van der Waals surface area contributed by atoms with Crippen LogP contribution in [0, 0.1) is 19.8 Å². The van der Waals surface area contributed by atoms with Gasteiger partial charge >= 0.3 is 0 Å². The fourth-order valence-corrected chi connectivity index (χ4v) is 3.42. The summed E-state index contributed by atoms with van der Waals surface area (Å²) < 4.78 is 29.5. The number of carbonyl (C=O) groups is 1. The number of carbonyl (C=O) groups excluding carboxylic acids is 1. The molecule has 0 spiro atoms. The normalized spacial score (nSPS) is 20.2. The molecule has 0 aliphatic carbocycles. The Kier molecular flexibility index (Phi) is 4.19. The van der Waals surface area contributed by atoms with Gasteiger partial charge in [-0.15, -0.1) is 0 Å². The van der Waals surface area contributed by atoms with Crippen LogP contribution in [0.2, 0.25) is 0 Å². The van der Waals surface area contributed by atoms with Crippen molar-refractivity contribution in [2.24, 2.45) is 5.92 Å². The van der Waals surface area contributed by atoms with Gasteiger partial charge in [-0.1, -0.05) is 0 Å². The first-order chi connectivity index (χ1) is 9.29. The molecule has 6 nitrogen and oxygen atoms in total. The van der Waals surface area contributed by atoms with Gasteiger partial charge in [0.2, 0.25) is 10.0 Å². The molecule has 1 aromatic rings. The SMILES string of the molecule is Cc1coc(C)c1C(=O)NCC1CCN(S(C)(=O)=O)C1. The largest absolute Gasteiger partial charge is 0.469 e. The van der Waals surface area contributed by atoms with Crippen molar-refractivity contribution in [2.75, 3.05) is 25.9 Å². The van der Waals surface area contributed by atoms with Gasteiger partial charge in [-0.25, -0.2) is 12.7 Å². The molecule has 0 aromatic carbocycles. The third kappa shape index (κ3) is 3.21. The Balaban J connectivity index is 1.90. The molecule has 1 aliphatic heterocycles. The quantitative estimate of drug-likeness (QED) is 0.896. The number of furan rings is 1. The zero-order valence-corrected chi connectivity index (χ0v) is 12.8. The maximum absolute atomic E-state index is 12.1. The average Bonchev–Trinajstić information content (AvgIpc) is 2.93. The molecule has 1 saturated heterocycles. The number of hydrogen-bond acceptors (Lipinski definition) is 4. The number of aryl methyl sites for hydroxylation is 2. The van der Waals surface area contributed by atoms with Gasteiger partial charge in [0.15, 0.2) is 0 Å². The summed E-state index contributed by atoms with van der Waals surface area (Å²) in [5, 5.41) is 2.86. The second-order valence-corrected chi connectivity index (χ2v) is 7.32. The van der Waals surface area contributed by atoms with E-state index in [2.05, 4.69) is 5.32 Å². The van der Waals surface area contributed by atoms with Crippen LogP contribution in [0.5, 0.6) is 0 Å². The van der Waals surface area contributed by atoms with E-state index < -0.39 is 10.0 Å². The van der Waals surface area contributed by atoms with Gasteiger partial charge in [-0.05, 0) is 26.2 Å². The molecule has 1 atom stereocenters. The molecular weight excluding hydrogens is 280 g/mol. The van der Waals surface area contributed by atoms with Crippen LogP contribution in [0.3, 0.4) is 0 Å². The monoisotopic (exact) mass is 300 g/mol. The Bertz CT molecular complexity index is 586. The van der Waals surface area contributed by atoms with Gasteiger partial charge in [-0.3, -0.25) is 4.79 Å². The van der Waals surface area contributed by atoms with Crippen molar-refractivity contribution in [2.45, 2.75) is 20.3 Å². The van der Waals surface area contributed by atoms with Crippen LogP contribution >= 0.6 is 0 Å². The summed E-state index contributed by atoms with van der Waals surface area (Å²) in [6.07, 6.45) is 3.55. The van der Waals surface area contributed by atoms with Crippen molar-refractivity contribution in [1.82, 2.24) is 9.62 Å². The lowest BCUT2D eigenvalue weighted by molar-refractivity contribution is 0.0946. The van der Waals surface area contributed by atoms with Crippen molar-refractivity contribution in [3.63, 3.8) is 0 Å². The number of sulfonamides is 1. The second kappa shape index (κ2) is 5.57. The molecule has 2 heterocycles. The van der Waals surface area contributed by atoms with Crippen LogP contribution in [-0.4, -0.2) is 44.5 Å². The molecule has 1 N–H and O–H groups in total. The third-order valence-corrected chi connectivity index (χ3v) is 4.92. The lowest BCUT2D eigenvalue weighted by Crippen LogP contribution is -2.32. The Morgan fingerprint density at radius 3 is 2.70 bits per heavy atom. The topological polar surface area (TPSA) is 79.6 Å². The first-order valence-corrected chi connectivity index (χ1v) is 8.42. The van der Waals surface area contributed by atoms with Gasteiger partial charge in [-0.2, -0.15) is 0 Å². The van der Waals surface area contributed by atoms with Crippen LogP contribution in [0.25, 0.3) is 0 Å². The molecule has 1 unspecified atom stereocenters. The number of hydrogen-bond donors (Lipinski definition) is 1. The highest BCUT2D eigenvalue weighted by atomic mass is 32.2. The molecule has 0 radical (unpaired) electrons. The van der Waals surface area contributed by atoms with E-state index in [1.807, 2.05) is 6.92 Å². The van der Waals surface area contributed by atoms with Crippen molar-refractivity contribution in [3.8, 4) is 0 Å². The minimum Gasteiger partial charge on any atom is -0.469 e. The van der Waals surface area contributed by atoms with Gasteiger partial charge in [0, 0.05) is 25.2 Å². The molecule has 2 rings (SSSR count). The maximum Gasteiger partial charge on any atom is 0.255 e.